The molecule has 42 heavy (non-hydrogen) atoms. The summed E-state index contributed by atoms with van der Waals surface area (Å²) in [5.74, 6) is 0.584. The van der Waals surface area contributed by atoms with Crippen molar-refractivity contribution in [3.63, 3.8) is 0 Å². The van der Waals surface area contributed by atoms with Crippen LogP contribution in [0.4, 0.5) is 0 Å². The van der Waals surface area contributed by atoms with Crippen LogP contribution >= 0.6 is 0 Å². The normalized spacial score (nSPS) is 17.2. The number of fused-ring (bicyclic) bond motifs is 3. The highest BCUT2D eigenvalue weighted by molar-refractivity contribution is 6.07. The van der Waals surface area contributed by atoms with E-state index in [2.05, 4.69) is 56.6 Å². The number of rotatable bonds is 6. The Bertz CT molecular complexity index is 1980. The molecule has 1 aliphatic carbocycles. The fraction of sp³-hybridized carbons (Fsp3) is 0.200. The Morgan fingerprint density at radius 2 is 1.64 bits per heavy atom. The van der Waals surface area contributed by atoms with Crippen LogP contribution in [0.1, 0.15) is 47.8 Å². The zero-order valence-electron chi connectivity index (χ0n) is 23.5. The minimum Gasteiger partial charge on any atom is -0.359 e. The fourth-order valence-corrected chi connectivity index (χ4v) is 6.22. The monoisotopic (exact) mass is 553 g/mol. The van der Waals surface area contributed by atoms with Crippen molar-refractivity contribution >= 4 is 44.4 Å². The van der Waals surface area contributed by atoms with Gasteiger partial charge in [-0.05, 0) is 59.7 Å². The van der Waals surface area contributed by atoms with Gasteiger partial charge in [-0.1, -0.05) is 66.7 Å². The van der Waals surface area contributed by atoms with Gasteiger partial charge in [0.25, 0.3) is 5.91 Å². The molecule has 1 atom stereocenters. The van der Waals surface area contributed by atoms with Gasteiger partial charge in [0, 0.05) is 42.4 Å². The van der Waals surface area contributed by atoms with Gasteiger partial charge in [-0.3, -0.25) is 14.6 Å². The molecule has 7 nitrogen and oxygen atoms in total. The van der Waals surface area contributed by atoms with E-state index < -0.39 is 0 Å². The van der Waals surface area contributed by atoms with E-state index in [9.17, 15) is 9.59 Å². The van der Waals surface area contributed by atoms with Gasteiger partial charge in [0.1, 0.15) is 5.82 Å². The Morgan fingerprint density at radius 3 is 2.45 bits per heavy atom. The van der Waals surface area contributed by atoms with Crippen LogP contribution in [0.5, 0.6) is 0 Å². The second-order valence-corrected chi connectivity index (χ2v) is 11.1. The summed E-state index contributed by atoms with van der Waals surface area (Å²) in [5.41, 5.74) is 4.04. The zero-order valence-corrected chi connectivity index (χ0v) is 23.5. The van der Waals surface area contributed by atoms with E-state index in [-0.39, 0.29) is 29.8 Å². The maximum Gasteiger partial charge on any atom is 0.253 e. The molecule has 4 aromatic carbocycles. The van der Waals surface area contributed by atoms with Gasteiger partial charge in [0.05, 0.1) is 22.6 Å². The number of hydrogen-bond acceptors (Lipinski definition) is 4. The quantitative estimate of drug-likeness (QED) is 0.243. The first-order chi connectivity index (χ1) is 20.5. The summed E-state index contributed by atoms with van der Waals surface area (Å²) in [6.45, 7) is 2.01. The van der Waals surface area contributed by atoms with Gasteiger partial charge in [-0.2, -0.15) is 0 Å². The van der Waals surface area contributed by atoms with Gasteiger partial charge in [0.2, 0.25) is 5.91 Å². The molecule has 2 heterocycles. The number of aromatic nitrogens is 3. The smallest absolute Gasteiger partial charge is 0.253 e. The highest BCUT2D eigenvalue weighted by atomic mass is 16.2. The average molecular weight is 554 g/mol. The average Bonchev–Trinajstić information content (AvgIpc) is 3.38. The molecule has 0 bridgehead atoms. The molecule has 2 amide bonds. The maximum absolute atomic E-state index is 13.9. The molecule has 2 N–H and O–H groups in total. The summed E-state index contributed by atoms with van der Waals surface area (Å²) in [7, 11) is 1.68. The minimum atomic E-state index is -0.197. The molecule has 208 valence electrons. The third-order valence-electron chi connectivity index (χ3n) is 8.58. The Labute approximate surface area is 243 Å². The van der Waals surface area contributed by atoms with Gasteiger partial charge in [0.15, 0.2) is 0 Å². The van der Waals surface area contributed by atoms with Gasteiger partial charge >= 0.3 is 0 Å². The van der Waals surface area contributed by atoms with E-state index in [0.29, 0.717) is 18.4 Å². The van der Waals surface area contributed by atoms with E-state index in [1.807, 2.05) is 67.8 Å². The standard InChI is InChI=1S/C35H31N5O2/c1-21(23-15-14-22-8-3-4-9-24(22)16-23)38-35(42)29-12-7-13-31-32(29)40(27-17-26(18-27)34(41)36-2)33(39-31)30-20-37-19-25-10-5-6-11-28(25)30/h3-16,19-21,26-27H,17-18H2,1-2H3,(H,36,41)(H,38,42)/t21-,26?,27?/m0/s1. The summed E-state index contributed by atoms with van der Waals surface area (Å²) in [5, 5.41) is 10.4. The lowest BCUT2D eigenvalue weighted by Gasteiger charge is -2.36. The molecule has 6 aromatic rings. The third kappa shape index (κ3) is 4.38. The molecule has 1 aliphatic rings. The van der Waals surface area contributed by atoms with Crippen LogP contribution in [0.3, 0.4) is 0 Å². The molecule has 1 fully saturated rings. The Kier molecular flexibility index (Phi) is 6.42. The summed E-state index contributed by atoms with van der Waals surface area (Å²) < 4.78 is 2.17. The molecule has 0 radical (unpaired) electrons. The van der Waals surface area contributed by atoms with E-state index in [1.165, 1.54) is 5.39 Å². The van der Waals surface area contributed by atoms with Crippen LogP contribution in [-0.4, -0.2) is 33.4 Å². The second-order valence-electron chi connectivity index (χ2n) is 11.1. The SMILES string of the molecule is CNC(=O)C1CC(n2c(-c3cncc4ccccc34)nc3cccc(C(=O)N[C@@H](C)c4ccc5ccccc5c4)c32)C1. The molecule has 1 saturated carbocycles. The van der Waals surface area contributed by atoms with Gasteiger partial charge < -0.3 is 15.2 Å². The van der Waals surface area contributed by atoms with Crippen molar-refractivity contribution in [2.75, 3.05) is 7.05 Å². The lowest BCUT2D eigenvalue weighted by molar-refractivity contribution is -0.128. The maximum atomic E-state index is 13.9. The van der Waals surface area contributed by atoms with Crippen LogP contribution in [0.25, 0.3) is 44.0 Å². The molecule has 0 spiro atoms. The first-order valence-electron chi connectivity index (χ1n) is 14.4. The number of imidazole rings is 1. The molecular weight excluding hydrogens is 522 g/mol. The van der Waals surface area contributed by atoms with Crippen LogP contribution in [0.2, 0.25) is 0 Å². The number of hydrogen-bond donors (Lipinski definition) is 2. The number of para-hydroxylation sites is 1. The van der Waals surface area contributed by atoms with E-state index in [1.54, 1.807) is 7.05 Å². The second kappa shape index (κ2) is 10.4. The van der Waals surface area contributed by atoms with Crippen molar-refractivity contribution in [1.29, 1.82) is 0 Å². The van der Waals surface area contributed by atoms with Crippen LogP contribution < -0.4 is 10.6 Å². The Morgan fingerprint density at radius 1 is 0.881 bits per heavy atom. The van der Waals surface area contributed by atoms with Gasteiger partial charge in [-0.25, -0.2) is 4.98 Å². The summed E-state index contributed by atoms with van der Waals surface area (Å²) >= 11 is 0. The van der Waals surface area contributed by atoms with Crippen LogP contribution in [-0.2, 0) is 4.79 Å². The van der Waals surface area contributed by atoms with E-state index in [4.69, 9.17) is 4.98 Å². The van der Waals surface area contributed by atoms with Crippen LogP contribution in [0, 0.1) is 5.92 Å². The molecular formula is C35H31N5O2. The number of nitrogens with one attached hydrogen (secondary N) is 2. The summed E-state index contributed by atoms with van der Waals surface area (Å²) in [6, 6.07) is 28.1. The first-order valence-corrected chi connectivity index (χ1v) is 14.4. The minimum absolute atomic E-state index is 0.0260. The molecule has 0 saturated heterocycles. The van der Waals surface area contributed by atoms with Crippen molar-refractivity contribution < 1.29 is 9.59 Å². The molecule has 7 heteroatoms. The lowest BCUT2D eigenvalue weighted by Crippen LogP contribution is -2.38. The predicted octanol–water partition coefficient (Wildman–Crippen LogP) is 6.59. The number of amides is 2. The molecule has 2 aromatic heterocycles. The van der Waals surface area contributed by atoms with Crippen molar-refractivity contribution in [2.24, 2.45) is 5.92 Å². The molecule has 7 rings (SSSR count). The lowest BCUT2D eigenvalue weighted by atomic mass is 9.79. The van der Waals surface area contributed by atoms with E-state index in [0.717, 1.165) is 44.1 Å². The number of benzene rings is 4. The largest absolute Gasteiger partial charge is 0.359 e. The Hall–Kier alpha value is -5.04. The van der Waals surface area contributed by atoms with E-state index >= 15 is 0 Å². The first kappa shape index (κ1) is 25.9. The zero-order chi connectivity index (χ0) is 28.8. The third-order valence-corrected chi connectivity index (χ3v) is 8.58. The predicted molar refractivity (Wildman–Crippen MR) is 166 cm³/mol. The van der Waals surface area contributed by atoms with Crippen molar-refractivity contribution in [3.05, 3.63) is 108 Å². The summed E-state index contributed by atoms with van der Waals surface area (Å²) in [4.78, 5) is 35.9. The van der Waals surface area contributed by atoms with Crippen molar-refractivity contribution in [2.45, 2.75) is 31.8 Å². The number of carbonyl (C=O) groups excluding carboxylic acids is 2. The highest BCUT2D eigenvalue weighted by Gasteiger charge is 2.38. The Balaban J connectivity index is 1.32. The topological polar surface area (TPSA) is 88.9 Å². The van der Waals surface area contributed by atoms with Crippen molar-refractivity contribution in [3.8, 4) is 11.4 Å². The number of nitrogens with zero attached hydrogens (tertiary/aromatic N) is 3. The fourth-order valence-electron chi connectivity index (χ4n) is 6.22. The number of carbonyl (C=O) groups is 2. The number of pyridine rings is 1. The van der Waals surface area contributed by atoms with Gasteiger partial charge in [-0.15, -0.1) is 0 Å². The highest BCUT2D eigenvalue weighted by Crippen LogP contribution is 2.44. The molecule has 0 aliphatic heterocycles. The summed E-state index contributed by atoms with van der Waals surface area (Å²) in [6.07, 6.45) is 5.06. The van der Waals surface area contributed by atoms with Crippen molar-refractivity contribution in [1.82, 2.24) is 25.2 Å². The molecule has 0 unspecified atom stereocenters. The van der Waals surface area contributed by atoms with Crippen LogP contribution in [0.15, 0.2) is 97.3 Å².